The summed E-state index contributed by atoms with van der Waals surface area (Å²) in [5.74, 6) is -1.10. The molecule has 0 aromatic carbocycles. The van der Waals surface area contributed by atoms with Gasteiger partial charge in [0.15, 0.2) is 6.04 Å². The van der Waals surface area contributed by atoms with Crippen LogP contribution in [0, 0.1) is 6.92 Å². The molecule has 7 nitrogen and oxygen atoms in total. The van der Waals surface area contributed by atoms with Gasteiger partial charge in [-0.05, 0) is 13.0 Å². The van der Waals surface area contributed by atoms with Gasteiger partial charge in [0.05, 0.1) is 24.3 Å². The van der Waals surface area contributed by atoms with Crippen LogP contribution in [0.5, 0.6) is 0 Å². The number of aryl methyl sites for hydroxylation is 2. The molecule has 2 heterocycles. The van der Waals surface area contributed by atoms with E-state index in [-0.39, 0.29) is 0 Å². The number of hydrogen-bond donors (Lipinski definition) is 2. The molecule has 0 radical (unpaired) electrons. The van der Waals surface area contributed by atoms with Crippen molar-refractivity contribution in [3.63, 3.8) is 0 Å². The van der Waals surface area contributed by atoms with Crippen LogP contribution in [-0.2, 0) is 16.6 Å². The van der Waals surface area contributed by atoms with E-state index in [1.807, 2.05) is 6.92 Å². The Hall–Kier alpha value is -1.93. The third-order valence-electron chi connectivity index (χ3n) is 2.89. The van der Waals surface area contributed by atoms with Gasteiger partial charge in [-0.3, -0.25) is 9.48 Å². The summed E-state index contributed by atoms with van der Waals surface area (Å²) in [6, 6.07) is 0.667. The predicted molar refractivity (Wildman–Crippen MR) is 73.7 cm³/mol. The second kappa shape index (κ2) is 5.59. The van der Waals surface area contributed by atoms with Gasteiger partial charge in [0, 0.05) is 12.4 Å². The normalized spacial score (nSPS) is 12.4. The van der Waals surface area contributed by atoms with Gasteiger partial charge in [-0.1, -0.05) is 0 Å². The number of amides is 1. The largest absolute Gasteiger partial charge is 0.467 e. The van der Waals surface area contributed by atoms with Crippen molar-refractivity contribution in [1.82, 2.24) is 15.1 Å². The zero-order chi connectivity index (χ0) is 14.9. The Bertz CT molecular complexity index is 626. The van der Waals surface area contributed by atoms with Gasteiger partial charge in [0.25, 0.3) is 5.91 Å². The van der Waals surface area contributed by atoms with Crippen LogP contribution >= 0.6 is 11.3 Å². The molecule has 8 heteroatoms. The molecule has 0 aliphatic carbocycles. The van der Waals surface area contributed by atoms with E-state index in [9.17, 15) is 9.59 Å². The zero-order valence-electron chi connectivity index (χ0n) is 11.3. The number of ether oxygens (including phenoxy) is 1. The number of hydrogen-bond acceptors (Lipinski definition) is 6. The van der Waals surface area contributed by atoms with Crippen molar-refractivity contribution in [2.24, 2.45) is 7.05 Å². The standard InChI is InChI=1S/C12H15N3O4S/c1-6-7-4-9(20-11(7)15(2)14-6)10(17)13-8(5-16)12(18)19-3/h4,8,16H,5H2,1-3H3,(H,13,17). The number of aliphatic hydroxyl groups excluding tert-OH is 1. The highest BCUT2D eigenvalue weighted by Gasteiger charge is 2.23. The Morgan fingerprint density at radius 1 is 1.60 bits per heavy atom. The van der Waals surface area contributed by atoms with Gasteiger partial charge in [-0.15, -0.1) is 11.3 Å². The number of carbonyl (C=O) groups excluding carboxylic acids is 2. The molecule has 1 amide bonds. The maximum absolute atomic E-state index is 12.1. The summed E-state index contributed by atoms with van der Waals surface area (Å²) in [5, 5.41) is 16.7. The summed E-state index contributed by atoms with van der Waals surface area (Å²) in [6.07, 6.45) is 0. The molecule has 0 aliphatic heterocycles. The summed E-state index contributed by atoms with van der Waals surface area (Å²) in [6.45, 7) is 1.35. The van der Waals surface area contributed by atoms with Gasteiger partial charge in [0.1, 0.15) is 4.83 Å². The molecule has 0 aliphatic rings. The fourth-order valence-corrected chi connectivity index (χ4v) is 2.89. The Kier molecular flexibility index (Phi) is 4.05. The topological polar surface area (TPSA) is 93.4 Å². The lowest BCUT2D eigenvalue weighted by molar-refractivity contribution is -0.143. The van der Waals surface area contributed by atoms with Gasteiger partial charge in [-0.25, -0.2) is 4.79 Å². The summed E-state index contributed by atoms with van der Waals surface area (Å²) in [4.78, 5) is 24.7. The molecule has 2 aromatic heterocycles. The third kappa shape index (κ3) is 2.52. The smallest absolute Gasteiger partial charge is 0.330 e. The second-order valence-electron chi connectivity index (χ2n) is 4.27. The molecule has 2 aromatic rings. The number of carbonyl (C=O) groups is 2. The highest BCUT2D eigenvalue weighted by atomic mass is 32.1. The molecular weight excluding hydrogens is 282 g/mol. The van der Waals surface area contributed by atoms with E-state index < -0.39 is 24.5 Å². The van der Waals surface area contributed by atoms with E-state index in [0.717, 1.165) is 15.9 Å². The van der Waals surface area contributed by atoms with E-state index in [1.165, 1.54) is 18.4 Å². The molecule has 0 saturated heterocycles. The van der Waals surface area contributed by atoms with E-state index in [0.29, 0.717) is 4.88 Å². The minimum atomic E-state index is -1.06. The SMILES string of the molecule is COC(=O)C(CO)NC(=O)c1cc2c(C)nn(C)c2s1. The molecular formula is C12H15N3O4S. The quantitative estimate of drug-likeness (QED) is 0.787. The van der Waals surface area contributed by atoms with Crippen LogP contribution in [0.25, 0.3) is 10.2 Å². The Labute approximate surface area is 119 Å². The molecule has 0 spiro atoms. The summed E-state index contributed by atoms with van der Waals surface area (Å²) in [7, 11) is 3.00. The van der Waals surface area contributed by atoms with Gasteiger partial charge in [0.2, 0.25) is 0 Å². The maximum atomic E-state index is 12.1. The first-order valence-corrected chi connectivity index (χ1v) is 6.72. The lowest BCUT2D eigenvalue weighted by Crippen LogP contribution is -2.43. The fourth-order valence-electron chi connectivity index (χ4n) is 1.87. The number of thiophene rings is 1. The number of rotatable bonds is 4. The van der Waals surface area contributed by atoms with Crippen molar-refractivity contribution in [2.45, 2.75) is 13.0 Å². The number of methoxy groups -OCH3 is 1. The van der Waals surface area contributed by atoms with Crippen LogP contribution in [0.2, 0.25) is 0 Å². The predicted octanol–water partition coefficient (Wildman–Crippen LogP) is 0.207. The van der Waals surface area contributed by atoms with Crippen molar-refractivity contribution in [1.29, 1.82) is 0 Å². The van der Waals surface area contributed by atoms with Crippen LogP contribution in [0.3, 0.4) is 0 Å². The van der Waals surface area contributed by atoms with E-state index >= 15 is 0 Å². The summed E-state index contributed by atoms with van der Waals surface area (Å²) < 4.78 is 6.20. The van der Waals surface area contributed by atoms with Crippen LogP contribution in [-0.4, -0.2) is 46.5 Å². The fraction of sp³-hybridized carbons (Fsp3) is 0.417. The second-order valence-corrected chi connectivity index (χ2v) is 5.30. The van der Waals surface area contributed by atoms with Crippen molar-refractivity contribution < 1.29 is 19.4 Å². The highest BCUT2D eigenvalue weighted by molar-refractivity contribution is 7.20. The van der Waals surface area contributed by atoms with Gasteiger partial charge in [-0.2, -0.15) is 5.10 Å². The molecule has 0 saturated carbocycles. The molecule has 0 fully saturated rings. The average molecular weight is 297 g/mol. The van der Waals surface area contributed by atoms with Crippen molar-refractivity contribution >= 4 is 33.4 Å². The number of fused-ring (bicyclic) bond motifs is 1. The Balaban J connectivity index is 2.23. The van der Waals surface area contributed by atoms with E-state index in [1.54, 1.807) is 17.8 Å². The van der Waals surface area contributed by atoms with Crippen LogP contribution < -0.4 is 5.32 Å². The lowest BCUT2D eigenvalue weighted by atomic mass is 10.2. The average Bonchev–Trinajstić information content (AvgIpc) is 2.98. The molecule has 2 N–H and O–H groups in total. The number of esters is 1. The van der Waals surface area contributed by atoms with E-state index in [2.05, 4.69) is 15.2 Å². The van der Waals surface area contributed by atoms with Crippen LogP contribution in [0.15, 0.2) is 6.07 Å². The van der Waals surface area contributed by atoms with Gasteiger partial charge >= 0.3 is 5.97 Å². The van der Waals surface area contributed by atoms with Gasteiger partial charge < -0.3 is 15.2 Å². The minimum Gasteiger partial charge on any atom is -0.467 e. The Morgan fingerprint density at radius 3 is 2.85 bits per heavy atom. The molecule has 2 rings (SSSR count). The molecule has 20 heavy (non-hydrogen) atoms. The van der Waals surface area contributed by atoms with Crippen molar-refractivity contribution in [2.75, 3.05) is 13.7 Å². The number of nitrogens with zero attached hydrogens (tertiary/aromatic N) is 2. The first-order valence-electron chi connectivity index (χ1n) is 5.90. The van der Waals surface area contributed by atoms with Crippen LogP contribution in [0.1, 0.15) is 15.4 Å². The first-order chi connectivity index (χ1) is 9.47. The van der Waals surface area contributed by atoms with Crippen LogP contribution in [0.4, 0.5) is 0 Å². The first kappa shape index (κ1) is 14.5. The Morgan fingerprint density at radius 2 is 2.30 bits per heavy atom. The molecule has 1 unspecified atom stereocenters. The maximum Gasteiger partial charge on any atom is 0.330 e. The van der Waals surface area contributed by atoms with Crippen molar-refractivity contribution in [3.05, 3.63) is 16.6 Å². The zero-order valence-corrected chi connectivity index (χ0v) is 12.2. The minimum absolute atomic E-state index is 0.421. The third-order valence-corrected chi connectivity index (χ3v) is 4.09. The van der Waals surface area contributed by atoms with Crippen molar-refractivity contribution in [3.8, 4) is 0 Å². The summed E-state index contributed by atoms with van der Waals surface area (Å²) >= 11 is 1.28. The summed E-state index contributed by atoms with van der Waals surface area (Å²) in [5.41, 5.74) is 0.837. The monoisotopic (exact) mass is 297 g/mol. The molecule has 108 valence electrons. The highest BCUT2D eigenvalue weighted by Crippen LogP contribution is 2.27. The number of aromatic nitrogens is 2. The number of aliphatic hydroxyl groups is 1. The number of nitrogens with one attached hydrogen (secondary N) is 1. The van der Waals surface area contributed by atoms with E-state index in [4.69, 9.17) is 5.11 Å². The molecule has 1 atom stereocenters. The molecule has 0 bridgehead atoms. The lowest BCUT2D eigenvalue weighted by Gasteiger charge is -2.12.